The number of nitro benzene ring substituents is 1. The van der Waals surface area contributed by atoms with Crippen LogP contribution in [0.15, 0.2) is 65.0 Å². The highest BCUT2D eigenvalue weighted by atomic mass is 32.2. The Morgan fingerprint density at radius 2 is 1.93 bits per heavy atom. The van der Waals surface area contributed by atoms with Gasteiger partial charge in [0.2, 0.25) is 5.13 Å². The Balaban J connectivity index is 1.41. The van der Waals surface area contributed by atoms with Gasteiger partial charge in [-0.15, -0.1) is 10.2 Å². The first-order chi connectivity index (χ1) is 14.1. The summed E-state index contributed by atoms with van der Waals surface area (Å²) in [7, 11) is 0. The number of rotatable bonds is 9. The number of thioether (sulfide) groups is 1. The minimum absolute atomic E-state index is 0.0423. The van der Waals surface area contributed by atoms with E-state index in [1.807, 2.05) is 42.5 Å². The van der Waals surface area contributed by atoms with Crippen molar-refractivity contribution in [2.75, 3.05) is 17.7 Å². The molecule has 10 heteroatoms. The predicted octanol–water partition coefficient (Wildman–Crippen LogP) is 4.27. The lowest BCUT2D eigenvalue weighted by molar-refractivity contribution is -0.384. The van der Waals surface area contributed by atoms with E-state index >= 15 is 0 Å². The number of hydrogen-bond donors (Lipinski definition) is 1. The van der Waals surface area contributed by atoms with Crippen LogP contribution >= 0.6 is 23.1 Å². The third-order valence-corrected chi connectivity index (χ3v) is 5.41. The minimum Gasteiger partial charge on any atom is -0.484 e. The Bertz CT molecular complexity index is 991. The molecule has 0 aliphatic carbocycles. The second-order valence-electron chi connectivity index (χ2n) is 5.59. The average Bonchev–Trinajstić information content (AvgIpc) is 3.18. The van der Waals surface area contributed by atoms with Gasteiger partial charge in [-0.05, 0) is 17.7 Å². The van der Waals surface area contributed by atoms with E-state index in [-0.39, 0.29) is 18.2 Å². The van der Waals surface area contributed by atoms with Gasteiger partial charge in [-0.25, -0.2) is 0 Å². The molecular formula is C19H16N4O4S2. The maximum atomic E-state index is 12.0. The van der Waals surface area contributed by atoms with E-state index < -0.39 is 4.92 Å². The number of benzene rings is 2. The molecule has 1 heterocycles. The molecule has 0 saturated heterocycles. The minimum atomic E-state index is -0.501. The van der Waals surface area contributed by atoms with Gasteiger partial charge in [-0.2, -0.15) is 0 Å². The zero-order chi connectivity index (χ0) is 20.5. The Labute approximate surface area is 174 Å². The van der Waals surface area contributed by atoms with E-state index in [2.05, 4.69) is 15.5 Å². The molecule has 0 atom stereocenters. The predicted molar refractivity (Wildman–Crippen MR) is 113 cm³/mol. The van der Waals surface area contributed by atoms with Crippen molar-refractivity contribution >= 4 is 45.9 Å². The Hall–Kier alpha value is -3.24. The molecule has 8 nitrogen and oxygen atoms in total. The molecule has 0 bridgehead atoms. The molecule has 0 fully saturated rings. The van der Waals surface area contributed by atoms with Gasteiger partial charge in [0.1, 0.15) is 5.75 Å². The second kappa shape index (κ2) is 10.3. The van der Waals surface area contributed by atoms with Crippen LogP contribution in [0.3, 0.4) is 0 Å². The van der Waals surface area contributed by atoms with Crippen molar-refractivity contribution in [2.24, 2.45) is 0 Å². The number of hydrogen-bond acceptors (Lipinski definition) is 8. The monoisotopic (exact) mass is 428 g/mol. The lowest BCUT2D eigenvalue weighted by atomic mass is 10.2. The maximum Gasteiger partial charge on any atom is 0.269 e. The van der Waals surface area contributed by atoms with Crippen LogP contribution in [0.2, 0.25) is 0 Å². The quantitative estimate of drug-likeness (QED) is 0.235. The van der Waals surface area contributed by atoms with Crippen LogP contribution in [0.4, 0.5) is 10.8 Å². The average molecular weight is 428 g/mol. The molecule has 0 unspecified atom stereocenters. The highest BCUT2D eigenvalue weighted by Gasteiger charge is 2.10. The molecule has 3 aromatic rings. The van der Waals surface area contributed by atoms with Crippen LogP contribution in [0, 0.1) is 10.1 Å². The number of ether oxygens (including phenoxy) is 1. The van der Waals surface area contributed by atoms with Crippen molar-refractivity contribution in [3.05, 3.63) is 76.4 Å². The first kappa shape index (κ1) is 20.5. The summed E-state index contributed by atoms with van der Waals surface area (Å²) >= 11 is 2.80. The molecule has 0 aliphatic rings. The molecule has 29 heavy (non-hydrogen) atoms. The fourth-order valence-corrected chi connectivity index (χ4v) is 3.76. The third-order valence-electron chi connectivity index (χ3n) is 3.48. The van der Waals surface area contributed by atoms with Gasteiger partial charge in [0.15, 0.2) is 10.9 Å². The van der Waals surface area contributed by atoms with E-state index in [1.165, 1.54) is 47.4 Å². The zero-order valence-corrected chi connectivity index (χ0v) is 16.7. The number of carbonyl (C=O) groups excluding carboxylic acids is 1. The van der Waals surface area contributed by atoms with Gasteiger partial charge >= 0.3 is 0 Å². The molecule has 0 aliphatic heterocycles. The molecular weight excluding hydrogens is 412 g/mol. The smallest absolute Gasteiger partial charge is 0.269 e. The van der Waals surface area contributed by atoms with Crippen LogP contribution in [-0.2, 0) is 4.79 Å². The Morgan fingerprint density at radius 1 is 1.17 bits per heavy atom. The highest BCUT2D eigenvalue weighted by Crippen LogP contribution is 2.25. The second-order valence-corrected chi connectivity index (χ2v) is 7.83. The number of nitrogens with zero attached hydrogens (tertiary/aromatic N) is 3. The molecule has 148 valence electrons. The topological polar surface area (TPSA) is 107 Å². The first-order valence-electron chi connectivity index (χ1n) is 8.45. The molecule has 0 radical (unpaired) electrons. The van der Waals surface area contributed by atoms with Gasteiger partial charge < -0.3 is 4.74 Å². The summed E-state index contributed by atoms with van der Waals surface area (Å²) in [4.78, 5) is 22.1. The summed E-state index contributed by atoms with van der Waals surface area (Å²) in [6.45, 7) is -0.236. The van der Waals surface area contributed by atoms with Crippen molar-refractivity contribution in [3.63, 3.8) is 0 Å². The number of non-ortho nitro benzene ring substituents is 1. The van der Waals surface area contributed by atoms with Crippen LogP contribution in [-0.4, -0.2) is 33.4 Å². The van der Waals surface area contributed by atoms with Gasteiger partial charge in [-0.1, -0.05) is 65.6 Å². The van der Waals surface area contributed by atoms with E-state index in [1.54, 1.807) is 0 Å². The molecule has 1 aromatic heterocycles. The van der Waals surface area contributed by atoms with Crippen LogP contribution < -0.4 is 10.1 Å². The van der Waals surface area contributed by atoms with Crippen LogP contribution in [0.1, 0.15) is 5.56 Å². The largest absolute Gasteiger partial charge is 0.484 e. The van der Waals surface area contributed by atoms with Gasteiger partial charge in [0.25, 0.3) is 11.6 Å². The van der Waals surface area contributed by atoms with Crippen molar-refractivity contribution in [1.82, 2.24) is 10.2 Å². The summed E-state index contributed by atoms with van der Waals surface area (Å²) in [5, 5.41) is 21.6. The lowest BCUT2D eigenvalue weighted by Gasteiger charge is -2.05. The van der Waals surface area contributed by atoms with Crippen molar-refractivity contribution in [3.8, 4) is 5.75 Å². The van der Waals surface area contributed by atoms with E-state index in [9.17, 15) is 14.9 Å². The number of amides is 1. The number of anilines is 1. The Morgan fingerprint density at radius 3 is 2.66 bits per heavy atom. The number of carbonyl (C=O) groups is 1. The van der Waals surface area contributed by atoms with Crippen LogP contribution in [0.5, 0.6) is 5.75 Å². The summed E-state index contributed by atoms with van der Waals surface area (Å²) in [6.07, 6.45) is 4.07. The number of nitrogens with one attached hydrogen (secondary N) is 1. The number of nitro groups is 1. The van der Waals surface area contributed by atoms with Gasteiger partial charge in [-0.3, -0.25) is 20.2 Å². The number of aromatic nitrogens is 2. The van der Waals surface area contributed by atoms with Gasteiger partial charge in [0.05, 0.1) is 4.92 Å². The summed E-state index contributed by atoms with van der Waals surface area (Å²) in [5.74, 6) is 0.713. The Kier molecular flexibility index (Phi) is 7.31. The molecule has 1 N–H and O–H groups in total. The van der Waals surface area contributed by atoms with E-state index in [4.69, 9.17) is 4.74 Å². The lowest BCUT2D eigenvalue weighted by Crippen LogP contribution is -2.20. The van der Waals surface area contributed by atoms with Crippen molar-refractivity contribution in [1.29, 1.82) is 0 Å². The normalized spacial score (nSPS) is 10.8. The fraction of sp³-hybridized carbons (Fsp3) is 0.105. The summed E-state index contributed by atoms with van der Waals surface area (Å²) < 4.78 is 6.06. The summed E-state index contributed by atoms with van der Waals surface area (Å²) in [5.41, 5.74) is 1.09. The standard InChI is InChI=1S/C19H16N4O4S2/c24-17(13-27-16-10-8-15(9-11-16)23(25)26)20-18-21-22-19(29-18)28-12-4-7-14-5-2-1-3-6-14/h1-11H,12-13H2,(H,20,21,24)/b7-4+. The van der Waals surface area contributed by atoms with E-state index in [0.29, 0.717) is 10.9 Å². The summed E-state index contributed by atoms with van der Waals surface area (Å²) in [6, 6.07) is 15.5. The SMILES string of the molecule is O=C(COc1ccc([N+](=O)[O-])cc1)Nc1nnc(SC/C=C/c2ccccc2)s1. The van der Waals surface area contributed by atoms with E-state index in [0.717, 1.165) is 15.7 Å². The van der Waals surface area contributed by atoms with Crippen LogP contribution in [0.25, 0.3) is 6.08 Å². The third kappa shape index (κ3) is 6.70. The molecule has 0 spiro atoms. The molecule has 0 saturated carbocycles. The van der Waals surface area contributed by atoms with Crippen molar-refractivity contribution < 1.29 is 14.5 Å². The molecule has 3 rings (SSSR count). The van der Waals surface area contributed by atoms with Crippen molar-refractivity contribution in [2.45, 2.75) is 4.34 Å². The molecule has 2 aromatic carbocycles. The molecule has 1 amide bonds. The highest BCUT2D eigenvalue weighted by molar-refractivity contribution is 8.01. The zero-order valence-electron chi connectivity index (χ0n) is 15.1. The fourth-order valence-electron chi connectivity index (χ4n) is 2.15. The first-order valence-corrected chi connectivity index (χ1v) is 10.3. The maximum absolute atomic E-state index is 12.0. The van der Waals surface area contributed by atoms with Gasteiger partial charge in [0, 0.05) is 17.9 Å².